The largest absolute Gasteiger partial charge is 0.0696 e. The first-order valence-electron chi connectivity index (χ1n) is 8.05. The quantitative estimate of drug-likeness (QED) is 0.296. The van der Waals surface area contributed by atoms with Gasteiger partial charge in [-0.3, -0.25) is 0 Å². The molecule has 4 aromatic rings. The number of hydrogen-bond donors (Lipinski definition) is 0. The molecule has 0 N–H and O–H groups in total. The first-order chi connectivity index (χ1) is 11.9. The molecule has 0 aliphatic carbocycles. The average Bonchev–Trinajstić information content (AvgIpc) is 2.66. The van der Waals surface area contributed by atoms with Crippen LogP contribution in [0.2, 0.25) is 0 Å². The summed E-state index contributed by atoms with van der Waals surface area (Å²) in [6, 6.07) is 29.3. The molecular formula is C24H16. The third-order valence-corrected chi connectivity index (χ3v) is 4.14. The van der Waals surface area contributed by atoms with E-state index < -0.39 is 0 Å². The van der Waals surface area contributed by atoms with Gasteiger partial charge in [-0.05, 0) is 57.5 Å². The van der Waals surface area contributed by atoms with Crippen molar-refractivity contribution >= 4 is 27.6 Å². The molecule has 0 aliphatic rings. The van der Waals surface area contributed by atoms with Gasteiger partial charge in [0.15, 0.2) is 0 Å². The lowest BCUT2D eigenvalue weighted by Crippen LogP contribution is -1.82. The van der Waals surface area contributed by atoms with Crippen molar-refractivity contribution in [3.05, 3.63) is 102 Å². The number of hydrogen-bond acceptors (Lipinski definition) is 0. The third-order valence-electron chi connectivity index (χ3n) is 4.14. The van der Waals surface area contributed by atoms with Crippen LogP contribution < -0.4 is 0 Å². The zero-order valence-corrected chi connectivity index (χ0v) is 13.2. The fourth-order valence-corrected chi connectivity index (χ4v) is 3.00. The van der Waals surface area contributed by atoms with Gasteiger partial charge < -0.3 is 0 Å². The van der Waals surface area contributed by atoms with E-state index in [0.717, 1.165) is 5.56 Å². The van der Waals surface area contributed by atoms with E-state index in [0.29, 0.717) is 0 Å². The summed E-state index contributed by atoms with van der Waals surface area (Å²) in [5.41, 5.74) is 2.23. The Bertz CT molecular complexity index is 1090. The van der Waals surface area contributed by atoms with E-state index in [1.165, 1.54) is 27.1 Å². The Morgan fingerprint density at radius 3 is 2.12 bits per heavy atom. The van der Waals surface area contributed by atoms with Gasteiger partial charge in [0, 0.05) is 5.56 Å². The van der Waals surface area contributed by atoms with E-state index in [1.807, 2.05) is 36.4 Å². The minimum Gasteiger partial charge on any atom is -0.0696 e. The van der Waals surface area contributed by atoms with Crippen LogP contribution in [0.5, 0.6) is 0 Å². The number of allylic oxidation sites excluding steroid dienone is 1. The predicted molar refractivity (Wildman–Crippen MR) is 104 cm³/mol. The third kappa shape index (κ3) is 2.81. The molecule has 0 spiro atoms. The van der Waals surface area contributed by atoms with E-state index >= 15 is 0 Å². The lowest BCUT2D eigenvalue weighted by molar-refractivity contribution is 1.65. The monoisotopic (exact) mass is 304 g/mol. The second-order valence-electron chi connectivity index (χ2n) is 5.70. The molecule has 0 nitrogen and oxygen atoms in total. The van der Waals surface area contributed by atoms with E-state index in [-0.39, 0.29) is 0 Å². The van der Waals surface area contributed by atoms with E-state index in [2.05, 4.69) is 72.5 Å². The van der Waals surface area contributed by atoms with Crippen molar-refractivity contribution in [3.8, 4) is 11.8 Å². The first-order valence-corrected chi connectivity index (χ1v) is 8.05. The van der Waals surface area contributed by atoms with Gasteiger partial charge >= 0.3 is 0 Å². The minimum absolute atomic E-state index is 1.03. The molecule has 0 heterocycles. The van der Waals surface area contributed by atoms with Crippen LogP contribution in [0.15, 0.2) is 91.0 Å². The molecule has 0 heteroatoms. The molecule has 0 radical (unpaired) electrons. The summed E-state index contributed by atoms with van der Waals surface area (Å²) in [6.07, 6.45) is 4.04. The Balaban J connectivity index is 1.78. The number of fused-ring (bicyclic) bond motifs is 3. The Kier molecular flexibility index (Phi) is 3.84. The molecular weight excluding hydrogens is 288 g/mol. The SMILES string of the molecule is C(#Cc1ccccc1)/C=C/c1cc2ccccc2c2ccccc12. The smallest absolute Gasteiger partial charge is 0.0248 e. The Hall–Kier alpha value is -3.30. The maximum Gasteiger partial charge on any atom is 0.0248 e. The van der Waals surface area contributed by atoms with Crippen molar-refractivity contribution < 1.29 is 0 Å². The van der Waals surface area contributed by atoms with Gasteiger partial charge in [0.05, 0.1) is 0 Å². The van der Waals surface area contributed by atoms with Gasteiger partial charge in [-0.1, -0.05) is 78.6 Å². The summed E-state index contributed by atoms with van der Waals surface area (Å²) in [5, 5.41) is 5.09. The molecule has 0 saturated carbocycles. The van der Waals surface area contributed by atoms with Gasteiger partial charge in [0.1, 0.15) is 0 Å². The molecule has 0 bridgehead atoms. The highest BCUT2D eigenvalue weighted by molar-refractivity contribution is 6.10. The van der Waals surface area contributed by atoms with Crippen molar-refractivity contribution in [1.82, 2.24) is 0 Å². The normalized spacial score (nSPS) is 10.8. The Labute approximate surface area is 142 Å². The molecule has 0 aliphatic heterocycles. The van der Waals surface area contributed by atoms with Crippen molar-refractivity contribution in [2.75, 3.05) is 0 Å². The molecule has 0 aromatic heterocycles. The highest BCUT2D eigenvalue weighted by Gasteiger charge is 2.03. The minimum atomic E-state index is 1.03. The zero-order valence-electron chi connectivity index (χ0n) is 13.2. The zero-order chi connectivity index (χ0) is 16.2. The highest BCUT2D eigenvalue weighted by Crippen LogP contribution is 2.29. The molecule has 24 heavy (non-hydrogen) atoms. The van der Waals surface area contributed by atoms with Crippen molar-refractivity contribution in [3.63, 3.8) is 0 Å². The van der Waals surface area contributed by atoms with Crippen LogP contribution in [-0.4, -0.2) is 0 Å². The van der Waals surface area contributed by atoms with Gasteiger partial charge in [0.2, 0.25) is 0 Å². The fourth-order valence-electron chi connectivity index (χ4n) is 3.00. The van der Waals surface area contributed by atoms with Crippen LogP contribution in [0.1, 0.15) is 11.1 Å². The van der Waals surface area contributed by atoms with Crippen LogP contribution in [0.25, 0.3) is 27.6 Å². The van der Waals surface area contributed by atoms with Crippen LogP contribution in [0, 0.1) is 11.8 Å². The molecule has 4 rings (SSSR count). The molecule has 0 saturated heterocycles. The fraction of sp³-hybridized carbons (Fsp3) is 0. The van der Waals surface area contributed by atoms with Crippen LogP contribution in [-0.2, 0) is 0 Å². The lowest BCUT2D eigenvalue weighted by atomic mass is 9.97. The first kappa shape index (κ1) is 14.3. The molecule has 0 atom stereocenters. The van der Waals surface area contributed by atoms with Gasteiger partial charge in [-0.15, -0.1) is 0 Å². The van der Waals surface area contributed by atoms with E-state index in [4.69, 9.17) is 0 Å². The van der Waals surface area contributed by atoms with Gasteiger partial charge in [-0.25, -0.2) is 0 Å². The van der Waals surface area contributed by atoms with Crippen molar-refractivity contribution in [2.24, 2.45) is 0 Å². The van der Waals surface area contributed by atoms with Gasteiger partial charge in [-0.2, -0.15) is 0 Å². The van der Waals surface area contributed by atoms with Crippen LogP contribution in [0.3, 0.4) is 0 Å². The van der Waals surface area contributed by atoms with Gasteiger partial charge in [0.25, 0.3) is 0 Å². The maximum atomic E-state index is 3.16. The molecule has 0 fully saturated rings. The summed E-state index contributed by atoms with van der Waals surface area (Å²) in [4.78, 5) is 0. The maximum absolute atomic E-state index is 3.16. The Morgan fingerprint density at radius 1 is 0.625 bits per heavy atom. The standard InChI is InChI=1S/C24H16/c1-2-10-19(11-3-1)12-4-5-13-20-18-21-14-6-7-15-22(21)24-17-9-8-16-23(20)24/h1-3,5-11,13-18H/b13-5+. The highest BCUT2D eigenvalue weighted by atomic mass is 14.1. The molecule has 4 aromatic carbocycles. The number of rotatable bonds is 1. The topological polar surface area (TPSA) is 0 Å². The molecule has 0 amide bonds. The van der Waals surface area contributed by atoms with Crippen molar-refractivity contribution in [2.45, 2.75) is 0 Å². The Morgan fingerprint density at radius 2 is 1.29 bits per heavy atom. The lowest BCUT2D eigenvalue weighted by Gasteiger charge is -2.07. The average molecular weight is 304 g/mol. The van der Waals surface area contributed by atoms with Crippen molar-refractivity contribution in [1.29, 1.82) is 0 Å². The second-order valence-corrected chi connectivity index (χ2v) is 5.70. The van der Waals surface area contributed by atoms with E-state index in [1.54, 1.807) is 0 Å². The number of benzene rings is 4. The summed E-state index contributed by atoms with van der Waals surface area (Å²) in [7, 11) is 0. The van der Waals surface area contributed by atoms with Crippen LogP contribution in [0.4, 0.5) is 0 Å². The molecule has 0 unspecified atom stereocenters. The second kappa shape index (κ2) is 6.44. The summed E-state index contributed by atoms with van der Waals surface area (Å²) in [6.45, 7) is 0. The summed E-state index contributed by atoms with van der Waals surface area (Å²) in [5.74, 6) is 6.30. The predicted octanol–water partition coefficient (Wildman–Crippen LogP) is 6.06. The summed E-state index contributed by atoms with van der Waals surface area (Å²) >= 11 is 0. The summed E-state index contributed by atoms with van der Waals surface area (Å²) < 4.78 is 0. The van der Waals surface area contributed by atoms with E-state index in [9.17, 15) is 0 Å². The molecule has 112 valence electrons. The van der Waals surface area contributed by atoms with Crippen LogP contribution >= 0.6 is 0 Å².